The Morgan fingerprint density at radius 3 is 2.15 bits per heavy atom. The van der Waals surface area contributed by atoms with E-state index in [4.69, 9.17) is 5.11 Å². The molecule has 2 atom stereocenters. The van der Waals surface area contributed by atoms with E-state index in [9.17, 15) is 18.8 Å². The SMILES string of the molecule is CC(C)C1C(=O)C(c2ccc(F)cc2)C(=O)c2c1ccc1c2ccc2ccccc21.O=C(O)c1cncnc1. The van der Waals surface area contributed by atoms with Crippen molar-refractivity contribution in [3.63, 3.8) is 0 Å². The number of carboxylic acid groups (broad SMARTS) is 1. The van der Waals surface area contributed by atoms with Crippen LogP contribution in [0.3, 0.4) is 0 Å². The molecular weight excluding hydrogens is 495 g/mol. The van der Waals surface area contributed by atoms with Gasteiger partial charge in [0.2, 0.25) is 0 Å². The molecule has 0 saturated heterocycles. The Morgan fingerprint density at radius 1 is 0.846 bits per heavy atom. The van der Waals surface area contributed by atoms with Crippen molar-refractivity contribution in [2.24, 2.45) is 5.92 Å². The van der Waals surface area contributed by atoms with Crippen molar-refractivity contribution >= 4 is 39.1 Å². The van der Waals surface area contributed by atoms with E-state index in [1.165, 1.54) is 30.9 Å². The summed E-state index contributed by atoms with van der Waals surface area (Å²) >= 11 is 0. The molecule has 0 radical (unpaired) electrons. The minimum absolute atomic E-state index is 0.0465. The van der Waals surface area contributed by atoms with Crippen LogP contribution in [0.1, 0.15) is 57.5 Å². The average Bonchev–Trinajstić information content (AvgIpc) is 2.94. The fourth-order valence-electron chi connectivity index (χ4n) is 5.31. The first-order chi connectivity index (χ1) is 18.8. The molecule has 5 aromatic rings. The highest BCUT2D eigenvalue weighted by Crippen LogP contribution is 2.44. The van der Waals surface area contributed by atoms with Gasteiger partial charge in [0.05, 0.1) is 5.56 Å². The number of fused-ring (bicyclic) bond motifs is 5. The van der Waals surface area contributed by atoms with Crippen molar-refractivity contribution < 1.29 is 23.9 Å². The van der Waals surface area contributed by atoms with E-state index in [0.717, 1.165) is 27.1 Å². The molecule has 0 saturated carbocycles. The van der Waals surface area contributed by atoms with Crippen LogP contribution in [0, 0.1) is 11.7 Å². The molecular formula is C32H25FN2O4. The van der Waals surface area contributed by atoms with E-state index in [0.29, 0.717) is 11.1 Å². The molecule has 7 heteroatoms. The largest absolute Gasteiger partial charge is 0.478 e. The highest BCUT2D eigenvalue weighted by molar-refractivity contribution is 6.26. The number of rotatable bonds is 3. The predicted octanol–water partition coefficient (Wildman–Crippen LogP) is 6.60. The third-order valence-corrected chi connectivity index (χ3v) is 7.07. The summed E-state index contributed by atoms with van der Waals surface area (Å²) in [6, 6.07) is 21.8. The quantitative estimate of drug-likeness (QED) is 0.213. The normalized spacial score (nSPS) is 16.6. The standard InChI is InChI=1S/C27H21FO2.C5H4N2O2/c1-15(2)23-22-14-13-20-19-6-4-3-5-16(19)9-12-21(20)25(22)27(30)24(26(23)29)17-7-10-18(28)11-8-17;8-5(9)4-1-6-3-7-2-4/h3-15,23-24H,1-2H3;1-3H,(H,8,9). The molecule has 0 spiro atoms. The van der Waals surface area contributed by atoms with Crippen LogP contribution < -0.4 is 0 Å². The number of benzene rings is 4. The molecule has 39 heavy (non-hydrogen) atoms. The van der Waals surface area contributed by atoms with Gasteiger partial charge in [-0.2, -0.15) is 0 Å². The Balaban J connectivity index is 0.000000292. The molecule has 194 valence electrons. The zero-order valence-electron chi connectivity index (χ0n) is 21.3. The number of aromatic carboxylic acids is 1. The van der Waals surface area contributed by atoms with Gasteiger partial charge in [0.15, 0.2) is 11.6 Å². The van der Waals surface area contributed by atoms with Gasteiger partial charge in [0.1, 0.15) is 18.1 Å². The van der Waals surface area contributed by atoms with E-state index >= 15 is 0 Å². The topological polar surface area (TPSA) is 97.2 Å². The Kier molecular flexibility index (Phi) is 6.98. The van der Waals surface area contributed by atoms with Crippen LogP contribution in [-0.2, 0) is 4.79 Å². The van der Waals surface area contributed by atoms with Crippen molar-refractivity contribution in [2.45, 2.75) is 25.7 Å². The third-order valence-electron chi connectivity index (χ3n) is 7.07. The van der Waals surface area contributed by atoms with Gasteiger partial charge in [-0.1, -0.05) is 74.5 Å². The number of carboxylic acids is 1. The molecule has 0 bridgehead atoms. The average molecular weight is 521 g/mol. The lowest BCUT2D eigenvalue weighted by Gasteiger charge is -2.33. The van der Waals surface area contributed by atoms with Gasteiger partial charge < -0.3 is 5.11 Å². The maximum absolute atomic E-state index is 13.7. The number of Topliss-reactive ketones (excluding diaryl/α,β-unsaturated/α-hetero) is 2. The third kappa shape index (κ3) is 4.79. The Morgan fingerprint density at radius 2 is 1.51 bits per heavy atom. The summed E-state index contributed by atoms with van der Waals surface area (Å²) in [6.45, 7) is 4.02. The summed E-state index contributed by atoms with van der Waals surface area (Å²) in [4.78, 5) is 44.3. The van der Waals surface area contributed by atoms with Crippen molar-refractivity contribution in [2.75, 3.05) is 0 Å². The summed E-state index contributed by atoms with van der Waals surface area (Å²) in [7, 11) is 0. The summed E-state index contributed by atoms with van der Waals surface area (Å²) in [6.07, 6.45) is 3.77. The summed E-state index contributed by atoms with van der Waals surface area (Å²) < 4.78 is 13.5. The smallest absolute Gasteiger partial charge is 0.338 e. The zero-order chi connectivity index (χ0) is 27.7. The number of carbonyl (C=O) groups excluding carboxylic acids is 2. The molecule has 0 fully saturated rings. The van der Waals surface area contributed by atoms with E-state index in [1.807, 2.05) is 50.2 Å². The van der Waals surface area contributed by atoms with Crippen molar-refractivity contribution in [3.05, 3.63) is 120 Å². The monoisotopic (exact) mass is 520 g/mol. The zero-order valence-corrected chi connectivity index (χ0v) is 21.3. The predicted molar refractivity (Wildman–Crippen MR) is 147 cm³/mol. The van der Waals surface area contributed by atoms with Crippen LogP contribution in [0.4, 0.5) is 4.39 Å². The highest BCUT2D eigenvalue weighted by Gasteiger charge is 2.43. The van der Waals surface area contributed by atoms with Crippen LogP contribution in [-0.4, -0.2) is 32.6 Å². The van der Waals surface area contributed by atoms with Gasteiger partial charge >= 0.3 is 5.97 Å². The highest BCUT2D eigenvalue weighted by atomic mass is 19.1. The second-order valence-electron chi connectivity index (χ2n) is 9.82. The fraction of sp³-hybridized carbons (Fsp3) is 0.156. The second kappa shape index (κ2) is 10.5. The maximum Gasteiger partial charge on any atom is 0.338 e. The lowest BCUT2D eigenvalue weighted by atomic mass is 9.67. The Labute approximate surface area is 224 Å². The number of carbonyl (C=O) groups is 3. The van der Waals surface area contributed by atoms with Crippen LogP contribution in [0.5, 0.6) is 0 Å². The van der Waals surface area contributed by atoms with Crippen molar-refractivity contribution in [1.29, 1.82) is 0 Å². The van der Waals surface area contributed by atoms with Crippen molar-refractivity contribution in [1.82, 2.24) is 9.97 Å². The van der Waals surface area contributed by atoms with Crippen LogP contribution in [0.15, 0.2) is 91.5 Å². The van der Waals surface area contributed by atoms with Gasteiger partial charge in [-0.05, 0) is 50.7 Å². The first-order valence-electron chi connectivity index (χ1n) is 12.5. The van der Waals surface area contributed by atoms with E-state index in [2.05, 4.69) is 22.1 Å². The Bertz CT molecular complexity index is 1720. The second-order valence-corrected chi connectivity index (χ2v) is 9.82. The number of hydrogen-bond donors (Lipinski definition) is 1. The minimum Gasteiger partial charge on any atom is -0.478 e. The number of nitrogens with zero attached hydrogens (tertiary/aromatic N) is 2. The fourth-order valence-corrected chi connectivity index (χ4v) is 5.31. The molecule has 1 aromatic heterocycles. The van der Waals surface area contributed by atoms with E-state index in [-0.39, 0.29) is 34.8 Å². The number of halogens is 1. The molecule has 0 aliphatic heterocycles. The number of hydrogen-bond acceptors (Lipinski definition) is 5. The lowest BCUT2D eigenvalue weighted by Crippen LogP contribution is -2.36. The summed E-state index contributed by atoms with van der Waals surface area (Å²) in [5.74, 6) is -2.91. The molecule has 1 aliphatic rings. The minimum atomic E-state index is -1.00. The van der Waals surface area contributed by atoms with E-state index in [1.54, 1.807) is 12.1 Å². The number of aromatic nitrogens is 2. The van der Waals surface area contributed by atoms with Crippen LogP contribution in [0.2, 0.25) is 0 Å². The lowest BCUT2D eigenvalue weighted by molar-refractivity contribution is -0.122. The molecule has 6 rings (SSSR count). The molecule has 1 aliphatic carbocycles. The Hall–Kier alpha value is -4.78. The van der Waals surface area contributed by atoms with Gasteiger partial charge in [0, 0.05) is 23.9 Å². The maximum atomic E-state index is 13.7. The molecule has 0 amide bonds. The van der Waals surface area contributed by atoms with Crippen LogP contribution in [0.25, 0.3) is 21.5 Å². The van der Waals surface area contributed by atoms with Gasteiger partial charge in [-0.25, -0.2) is 19.2 Å². The van der Waals surface area contributed by atoms with Gasteiger partial charge in [0.25, 0.3) is 0 Å². The molecule has 4 aromatic carbocycles. The number of ketones is 2. The molecule has 2 unspecified atom stereocenters. The first-order valence-corrected chi connectivity index (χ1v) is 12.5. The van der Waals surface area contributed by atoms with E-state index < -0.39 is 11.9 Å². The van der Waals surface area contributed by atoms with Crippen molar-refractivity contribution in [3.8, 4) is 0 Å². The van der Waals surface area contributed by atoms with Gasteiger partial charge in [-0.15, -0.1) is 0 Å². The van der Waals surface area contributed by atoms with Crippen LogP contribution >= 0.6 is 0 Å². The summed E-state index contributed by atoms with van der Waals surface area (Å²) in [5.41, 5.74) is 2.10. The molecule has 1 heterocycles. The summed E-state index contributed by atoms with van der Waals surface area (Å²) in [5, 5.41) is 12.4. The van der Waals surface area contributed by atoms with Gasteiger partial charge in [-0.3, -0.25) is 9.59 Å². The first kappa shape index (κ1) is 25.9. The molecule has 1 N–H and O–H groups in total. The molecule has 6 nitrogen and oxygen atoms in total.